The maximum absolute atomic E-state index is 11.2. The van der Waals surface area contributed by atoms with Gasteiger partial charge in [0.2, 0.25) is 5.91 Å². The van der Waals surface area contributed by atoms with Crippen LogP contribution >= 0.6 is 15.9 Å². The fourth-order valence-corrected chi connectivity index (χ4v) is 1.38. The van der Waals surface area contributed by atoms with Crippen molar-refractivity contribution in [1.29, 1.82) is 0 Å². The number of carboxylic acids is 1. The quantitative estimate of drug-likeness (QED) is 0.837. The molecule has 2 N–H and O–H groups in total. The molecule has 0 saturated heterocycles. The van der Waals surface area contributed by atoms with E-state index in [9.17, 15) is 9.59 Å². The number of carbonyl (C=O) groups excluding carboxylic acids is 1. The van der Waals surface area contributed by atoms with Gasteiger partial charge in [-0.25, -0.2) is 4.79 Å². The molecule has 5 heteroatoms. The van der Waals surface area contributed by atoms with Crippen LogP contribution in [0.25, 0.3) is 0 Å². The number of carboxylic acid groups (broad SMARTS) is 1. The van der Waals surface area contributed by atoms with Gasteiger partial charge in [-0.2, -0.15) is 0 Å². The minimum absolute atomic E-state index is 0.474. The van der Waals surface area contributed by atoms with Crippen LogP contribution in [-0.4, -0.2) is 17.0 Å². The second-order valence-corrected chi connectivity index (χ2v) is 3.98. The number of aliphatic carboxylic acids is 1. The van der Waals surface area contributed by atoms with Gasteiger partial charge in [0.1, 0.15) is 0 Å². The van der Waals surface area contributed by atoms with Crippen molar-refractivity contribution in [2.24, 2.45) is 0 Å². The first-order valence-corrected chi connectivity index (χ1v) is 5.26. The summed E-state index contributed by atoms with van der Waals surface area (Å²) in [5, 5.41) is 10.9. The number of anilines is 1. The Kier molecular flexibility index (Phi) is 4.25. The summed E-state index contributed by atoms with van der Waals surface area (Å²) in [5.41, 5.74) is 1.66. The van der Waals surface area contributed by atoms with Crippen molar-refractivity contribution in [3.8, 4) is 0 Å². The summed E-state index contributed by atoms with van der Waals surface area (Å²) < 4.78 is 0.882. The maximum Gasteiger partial charge on any atom is 0.328 e. The SMILES string of the molecule is Cc1ccc(NC(=O)C=CC(=O)O)cc1Br. The van der Waals surface area contributed by atoms with E-state index in [0.29, 0.717) is 5.69 Å². The molecule has 0 radical (unpaired) electrons. The summed E-state index contributed by atoms with van der Waals surface area (Å²) >= 11 is 3.33. The van der Waals surface area contributed by atoms with Gasteiger partial charge in [-0.3, -0.25) is 4.79 Å². The molecule has 0 aliphatic rings. The van der Waals surface area contributed by atoms with Crippen molar-refractivity contribution >= 4 is 33.5 Å². The van der Waals surface area contributed by atoms with Crippen LogP contribution < -0.4 is 5.32 Å². The number of benzene rings is 1. The molecule has 0 fully saturated rings. The van der Waals surface area contributed by atoms with E-state index in [1.807, 2.05) is 13.0 Å². The van der Waals surface area contributed by atoms with E-state index < -0.39 is 11.9 Å². The van der Waals surface area contributed by atoms with Crippen molar-refractivity contribution < 1.29 is 14.7 Å². The van der Waals surface area contributed by atoms with Crippen LogP contribution in [0.2, 0.25) is 0 Å². The Balaban J connectivity index is 2.70. The van der Waals surface area contributed by atoms with Gasteiger partial charge in [-0.1, -0.05) is 22.0 Å². The van der Waals surface area contributed by atoms with Crippen molar-refractivity contribution in [3.05, 3.63) is 40.4 Å². The van der Waals surface area contributed by atoms with E-state index in [2.05, 4.69) is 21.2 Å². The molecule has 4 nitrogen and oxygen atoms in total. The molecule has 16 heavy (non-hydrogen) atoms. The maximum atomic E-state index is 11.2. The molecule has 0 aromatic heterocycles. The number of hydrogen-bond donors (Lipinski definition) is 2. The van der Waals surface area contributed by atoms with E-state index in [-0.39, 0.29) is 0 Å². The average Bonchev–Trinajstić information content (AvgIpc) is 2.21. The van der Waals surface area contributed by atoms with Gasteiger partial charge in [0.05, 0.1) is 0 Å². The van der Waals surface area contributed by atoms with Gasteiger partial charge in [0.25, 0.3) is 0 Å². The number of hydrogen-bond acceptors (Lipinski definition) is 2. The minimum Gasteiger partial charge on any atom is -0.478 e. The molecular formula is C11H10BrNO3. The third kappa shape index (κ3) is 3.86. The zero-order valence-corrected chi connectivity index (χ0v) is 10.1. The van der Waals surface area contributed by atoms with Crippen molar-refractivity contribution in [2.45, 2.75) is 6.92 Å². The highest BCUT2D eigenvalue weighted by Crippen LogP contribution is 2.20. The second-order valence-electron chi connectivity index (χ2n) is 3.12. The molecule has 0 aliphatic carbocycles. The molecule has 1 aromatic rings. The standard InChI is InChI=1S/C11H10BrNO3/c1-7-2-3-8(6-9(7)12)13-10(14)4-5-11(15)16/h2-6H,1H3,(H,13,14)(H,15,16). The van der Waals surface area contributed by atoms with E-state index in [0.717, 1.165) is 22.2 Å². The molecule has 84 valence electrons. The Labute approximate surface area is 101 Å². The molecule has 1 amide bonds. The predicted octanol–water partition coefficient (Wildman–Crippen LogP) is 2.34. The molecule has 0 spiro atoms. The summed E-state index contributed by atoms with van der Waals surface area (Å²) in [6, 6.07) is 5.34. The lowest BCUT2D eigenvalue weighted by molar-refractivity contribution is -0.131. The Morgan fingerprint density at radius 3 is 2.62 bits per heavy atom. The van der Waals surface area contributed by atoms with E-state index >= 15 is 0 Å². The van der Waals surface area contributed by atoms with Crippen LogP contribution in [0.15, 0.2) is 34.8 Å². The fraction of sp³-hybridized carbons (Fsp3) is 0.0909. The molecule has 1 aromatic carbocycles. The monoisotopic (exact) mass is 283 g/mol. The Morgan fingerprint density at radius 1 is 1.38 bits per heavy atom. The molecule has 1 rings (SSSR count). The largest absolute Gasteiger partial charge is 0.478 e. The zero-order valence-electron chi connectivity index (χ0n) is 8.53. The topological polar surface area (TPSA) is 66.4 Å². The molecule has 0 bridgehead atoms. The first kappa shape index (κ1) is 12.4. The number of carbonyl (C=O) groups is 2. The molecular weight excluding hydrogens is 274 g/mol. The average molecular weight is 284 g/mol. The third-order valence-corrected chi connectivity index (χ3v) is 2.67. The fourth-order valence-electron chi connectivity index (χ4n) is 1.00. The molecule has 0 saturated carbocycles. The number of amides is 1. The number of halogens is 1. The molecule has 0 aliphatic heterocycles. The molecule has 0 atom stereocenters. The normalized spacial score (nSPS) is 10.4. The smallest absolute Gasteiger partial charge is 0.328 e. The van der Waals surface area contributed by atoms with Gasteiger partial charge in [-0.15, -0.1) is 0 Å². The Bertz CT molecular complexity index is 455. The van der Waals surface area contributed by atoms with Crippen molar-refractivity contribution in [2.75, 3.05) is 5.32 Å². The third-order valence-electron chi connectivity index (χ3n) is 1.82. The second kappa shape index (κ2) is 5.46. The highest BCUT2D eigenvalue weighted by molar-refractivity contribution is 9.10. The first-order chi connectivity index (χ1) is 7.49. The van der Waals surface area contributed by atoms with E-state index in [1.54, 1.807) is 12.1 Å². The summed E-state index contributed by atoms with van der Waals surface area (Å²) in [5.74, 6) is -1.63. The lowest BCUT2D eigenvalue weighted by Gasteiger charge is -2.04. The number of aryl methyl sites for hydroxylation is 1. The first-order valence-electron chi connectivity index (χ1n) is 4.47. The predicted molar refractivity (Wildman–Crippen MR) is 64.3 cm³/mol. The number of rotatable bonds is 3. The van der Waals surface area contributed by atoms with Crippen molar-refractivity contribution in [1.82, 2.24) is 0 Å². The van der Waals surface area contributed by atoms with Crippen LogP contribution in [0.5, 0.6) is 0 Å². The van der Waals surface area contributed by atoms with Gasteiger partial charge in [0.15, 0.2) is 0 Å². The Morgan fingerprint density at radius 2 is 2.06 bits per heavy atom. The van der Waals surface area contributed by atoms with Crippen LogP contribution in [0.3, 0.4) is 0 Å². The van der Waals surface area contributed by atoms with Crippen LogP contribution in [0, 0.1) is 6.92 Å². The van der Waals surface area contributed by atoms with Crippen LogP contribution in [-0.2, 0) is 9.59 Å². The highest BCUT2D eigenvalue weighted by atomic mass is 79.9. The van der Waals surface area contributed by atoms with E-state index in [4.69, 9.17) is 5.11 Å². The van der Waals surface area contributed by atoms with Gasteiger partial charge >= 0.3 is 5.97 Å². The lowest BCUT2D eigenvalue weighted by Crippen LogP contribution is -2.08. The van der Waals surface area contributed by atoms with Crippen LogP contribution in [0.4, 0.5) is 5.69 Å². The summed E-state index contributed by atoms with van der Waals surface area (Å²) in [7, 11) is 0. The van der Waals surface area contributed by atoms with Crippen LogP contribution in [0.1, 0.15) is 5.56 Å². The zero-order chi connectivity index (χ0) is 12.1. The summed E-state index contributed by atoms with van der Waals surface area (Å²) in [4.78, 5) is 21.4. The van der Waals surface area contributed by atoms with E-state index in [1.165, 1.54) is 0 Å². The molecule has 0 heterocycles. The van der Waals surface area contributed by atoms with Crippen molar-refractivity contribution in [3.63, 3.8) is 0 Å². The summed E-state index contributed by atoms with van der Waals surface area (Å²) in [6.07, 6.45) is 1.76. The van der Waals surface area contributed by atoms with Gasteiger partial charge < -0.3 is 10.4 Å². The van der Waals surface area contributed by atoms with Gasteiger partial charge in [0, 0.05) is 22.3 Å². The molecule has 0 unspecified atom stereocenters. The lowest BCUT2D eigenvalue weighted by atomic mass is 10.2. The van der Waals surface area contributed by atoms with Gasteiger partial charge in [-0.05, 0) is 24.6 Å². The minimum atomic E-state index is -1.15. The highest BCUT2D eigenvalue weighted by Gasteiger charge is 2.00. The Hall–Kier alpha value is -1.62. The number of nitrogens with one attached hydrogen (secondary N) is 1. The summed E-state index contributed by atoms with van der Waals surface area (Å²) in [6.45, 7) is 1.93.